The van der Waals surface area contributed by atoms with E-state index in [4.69, 9.17) is 14.6 Å². The average molecular weight is 296 g/mol. The van der Waals surface area contributed by atoms with Crippen LogP contribution in [0.1, 0.15) is 20.3 Å². The van der Waals surface area contributed by atoms with Crippen molar-refractivity contribution < 1.29 is 24.3 Å². The summed E-state index contributed by atoms with van der Waals surface area (Å²) in [6, 6.07) is 2.75. The fourth-order valence-electron chi connectivity index (χ4n) is 2.12. The van der Waals surface area contributed by atoms with E-state index in [-0.39, 0.29) is 17.8 Å². The van der Waals surface area contributed by atoms with E-state index in [1.807, 2.05) is 0 Å². The smallest absolute Gasteiger partial charge is 0.305 e. The lowest BCUT2D eigenvalue weighted by Gasteiger charge is -2.26. The molecule has 0 aliphatic carbocycles. The first-order chi connectivity index (χ1) is 9.78. The van der Waals surface area contributed by atoms with Gasteiger partial charge in [0.05, 0.1) is 17.4 Å². The summed E-state index contributed by atoms with van der Waals surface area (Å²) in [6.45, 7) is 4.01. The second-order valence-corrected chi connectivity index (χ2v) is 5.35. The number of carboxylic acid groups (broad SMARTS) is 1. The van der Waals surface area contributed by atoms with Gasteiger partial charge in [0.15, 0.2) is 11.5 Å². The molecule has 0 bridgehead atoms. The average Bonchev–Trinajstić information content (AvgIpc) is 2.35. The molecule has 0 saturated carbocycles. The molecule has 8 heteroatoms. The van der Waals surface area contributed by atoms with Gasteiger partial charge in [-0.2, -0.15) is 0 Å². The van der Waals surface area contributed by atoms with Crippen LogP contribution in [0, 0.1) is 10.1 Å². The van der Waals surface area contributed by atoms with Gasteiger partial charge in [-0.15, -0.1) is 0 Å². The van der Waals surface area contributed by atoms with Crippen LogP contribution in [0.3, 0.4) is 0 Å². The SMILES string of the molecule is CC(C)(CC(=O)O)Nc1cc2c(cc1[N+](=O)[O-])OCCO2. The third-order valence-corrected chi connectivity index (χ3v) is 2.92. The molecule has 1 heterocycles. The second-order valence-electron chi connectivity index (χ2n) is 5.35. The third-order valence-electron chi connectivity index (χ3n) is 2.92. The molecule has 2 rings (SSSR count). The molecular formula is C13H16N2O6. The third kappa shape index (κ3) is 3.53. The van der Waals surface area contributed by atoms with Crippen LogP contribution in [0.4, 0.5) is 11.4 Å². The lowest BCUT2D eigenvalue weighted by molar-refractivity contribution is -0.384. The number of nitro benzene ring substituents is 1. The van der Waals surface area contributed by atoms with Crippen molar-refractivity contribution in [1.29, 1.82) is 0 Å². The zero-order valence-electron chi connectivity index (χ0n) is 11.7. The summed E-state index contributed by atoms with van der Waals surface area (Å²) in [5.41, 5.74) is -0.825. The van der Waals surface area contributed by atoms with Gasteiger partial charge in [0.1, 0.15) is 18.9 Å². The lowest BCUT2D eigenvalue weighted by Crippen LogP contribution is -2.34. The summed E-state index contributed by atoms with van der Waals surface area (Å²) in [5.74, 6) is -0.275. The molecule has 0 amide bonds. The zero-order valence-corrected chi connectivity index (χ0v) is 11.7. The molecule has 0 fully saturated rings. The largest absolute Gasteiger partial charge is 0.486 e. The molecule has 1 aliphatic heterocycles. The van der Waals surface area contributed by atoms with Crippen molar-refractivity contribution in [1.82, 2.24) is 0 Å². The van der Waals surface area contributed by atoms with E-state index in [2.05, 4.69) is 5.32 Å². The van der Waals surface area contributed by atoms with Crippen molar-refractivity contribution in [2.45, 2.75) is 25.8 Å². The van der Waals surface area contributed by atoms with Gasteiger partial charge in [-0.1, -0.05) is 0 Å². The normalized spacial score (nSPS) is 13.6. The van der Waals surface area contributed by atoms with E-state index in [1.165, 1.54) is 12.1 Å². The molecule has 2 N–H and O–H groups in total. The van der Waals surface area contributed by atoms with Crippen molar-refractivity contribution in [2.24, 2.45) is 0 Å². The minimum atomic E-state index is -0.993. The van der Waals surface area contributed by atoms with Crippen molar-refractivity contribution in [2.75, 3.05) is 18.5 Å². The van der Waals surface area contributed by atoms with Crippen LogP contribution in [0.2, 0.25) is 0 Å². The fraction of sp³-hybridized carbons (Fsp3) is 0.462. The minimum Gasteiger partial charge on any atom is -0.486 e. The van der Waals surface area contributed by atoms with Gasteiger partial charge < -0.3 is 19.9 Å². The number of fused-ring (bicyclic) bond motifs is 1. The zero-order chi connectivity index (χ0) is 15.6. The predicted molar refractivity (Wildman–Crippen MR) is 74.0 cm³/mol. The molecule has 1 aromatic rings. The first kappa shape index (κ1) is 14.9. The maximum Gasteiger partial charge on any atom is 0.305 e. The fourth-order valence-corrected chi connectivity index (χ4v) is 2.12. The summed E-state index contributed by atoms with van der Waals surface area (Å²) in [5, 5.41) is 22.9. The highest BCUT2D eigenvalue weighted by Gasteiger charge is 2.28. The topological polar surface area (TPSA) is 111 Å². The van der Waals surface area contributed by atoms with E-state index < -0.39 is 16.4 Å². The standard InChI is InChI=1S/C13H16N2O6/c1-13(2,7-12(16)17)14-8-5-10-11(21-4-3-20-10)6-9(8)15(18)19/h5-6,14H,3-4,7H2,1-2H3,(H,16,17). The molecular weight excluding hydrogens is 280 g/mol. The molecule has 1 aliphatic rings. The monoisotopic (exact) mass is 296 g/mol. The number of carboxylic acids is 1. The Morgan fingerprint density at radius 2 is 1.95 bits per heavy atom. The van der Waals surface area contributed by atoms with Crippen molar-refractivity contribution >= 4 is 17.3 Å². The molecule has 0 aromatic heterocycles. The van der Waals surface area contributed by atoms with Crippen LogP contribution in [-0.2, 0) is 4.79 Å². The van der Waals surface area contributed by atoms with Crippen LogP contribution >= 0.6 is 0 Å². The highest BCUT2D eigenvalue weighted by atomic mass is 16.6. The number of rotatable bonds is 5. The molecule has 1 aromatic carbocycles. The highest BCUT2D eigenvalue weighted by molar-refractivity contribution is 5.72. The van der Waals surface area contributed by atoms with Gasteiger partial charge in [-0.25, -0.2) is 0 Å². The van der Waals surface area contributed by atoms with Crippen molar-refractivity contribution in [3.05, 3.63) is 22.2 Å². The quantitative estimate of drug-likeness (QED) is 0.631. The van der Waals surface area contributed by atoms with Crippen LogP contribution < -0.4 is 14.8 Å². The Hall–Kier alpha value is -2.51. The lowest BCUT2D eigenvalue weighted by atomic mass is 10.00. The van der Waals surface area contributed by atoms with E-state index in [0.29, 0.717) is 24.7 Å². The van der Waals surface area contributed by atoms with Gasteiger partial charge >= 0.3 is 5.97 Å². The van der Waals surface area contributed by atoms with Gasteiger partial charge in [0.2, 0.25) is 0 Å². The van der Waals surface area contributed by atoms with Gasteiger partial charge in [0.25, 0.3) is 5.69 Å². The Morgan fingerprint density at radius 3 is 2.48 bits per heavy atom. The first-order valence-electron chi connectivity index (χ1n) is 6.36. The van der Waals surface area contributed by atoms with Gasteiger partial charge in [-0.05, 0) is 13.8 Å². The number of hydrogen-bond acceptors (Lipinski definition) is 6. The number of hydrogen-bond donors (Lipinski definition) is 2. The van der Waals surface area contributed by atoms with E-state index in [1.54, 1.807) is 13.8 Å². The molecule has 21 heavy (non-hydrogen) atoms. The van der Waals surface area contributed by atoms with E-state index in [9.17, 15) is 14.9 Å². The number of ether oxygens (including phenoxy) is 2. The predicted octanol–water partition coefficient (Wildman–Crippen LogP) is 2.03. The first-order valence-corrected chi connectivity index (χ1v) is 6.36. The molecule has 0 saturated heterocycles. The van der Waals surface area contributed by atoms with Gasteiger partial charge in [0, 0.05) is 11.6 Å². The summed E-state index contributed by atoms with van der Waals surface area (Å²) in [6.07, 6.45) is -0.182. The van der Waals surface area contributed by atoms with Crippen molar-refractivity contribution in [3.8, 4) is 11.5 Å². The Bertz CT molecular complexity index is 584. The van der Waals surface area contributed by atoms with Crippen LogP contribution in [0.5, 0.6) is 11.5 Å². The van der Waals surface area contributed by atoms with Crippen LogP contribution in [0.25, 0.3) is 0 Å². The van der Waals surface area contributed by atoms with E-state index in [0.717, 1.165) is 0 Å². The molecule has 114 valence electrons. The Balaban J connectivity index is 2.37. The molecule has 0 atom stereocenters. The van der Waals surface area contributed by atoms with E-state index >= 15 is 0 Å². The number of nitro groups is 1. The number of benzene rings is 1. The minimum absolute atomic E-state index is 0.182. The summed E-state index contributed by atoms with van der Waals surface area (Å²) in [4.78, 5) is 21.5. The Morgan fingerprint density at radius 1 is 1.38 bits per heavy atom. The number of aliphatic carboxylic acids is 1. The van der Waals surface area contributed by atoms with Gasteiger partial charge in [-0.3, -0.25) is 14.9 Å². The molecule has 0 spiro atoms. The van der Waals surface area contributed by atoms with Crippen LogP contribution in [-0.4, -0.2) is 34.8 Å². The highest BCUT2D eigenvalue weighted by Crippen LogP contribution is 2.40. The molecule has 8 nitrogen and oxygen atoms in total. The number of anilines is 1. The number of carbonyl (C=O) groups is 1. The Kier molecular flexibility index (Phi) is 3.88. The maximum absolute atomic E-state index is 11.2. The summed E-state index contributed by atoms with van der Waals surface area (Å²) in [7, 11) is 0. The number of nitrogens with one attached hydrogen (secondary N) is 1. The second kappa shape index (κ2) is 5.47. The Labute approximate surface area is 120 Å². The number of nitrogens with zero attached hydrogens (tertiary/aromatic N) is 1. The van der Waals surface area contributed by atoms with Crippen LogP contribution in [0.15, 0.2) is 12.1 Å². The van der Waals surface area contributed by atoms with Crippen molar-refractivity contribution in [3.63, 3.8) is 0 Å². The molecule has 0 radical (unpaired) electrons. The molecule has 0 unspecified atom stereocenters. The maximum atomic E-state index is 11.2. The summed E-state index contributed by atoms with van der Waals surface area (Å²) < 4.78 is 10.7. The summed E-state index contributed by atoms with van der Waals surface area (Å²) >= 11 is 0.